The van der Waals surface area contributed by atoms with Crippen LogP contribution in [-0.4, -0.2) is 39.9 Å². The van der Waals surface area contributed by atoms with E-state index in [1.54, 1.807) is 0 Å². The van der Waals surface area contributed by atoms with Crippen molar-refractivity contribution in [2.75, 3.05) is 13.1 Å². The van der Waals surface area contributed by atoms with Gasteiger partial charge in [0.1, 0.15) is 11.6 Å². The molecule has 2 aliphatic rings. The number of guanidine groups is 1. The lowest BCUT2D eigenvalue weighted by Gasteiger charge is -2.10. The van der Waals surface area contributed by atoms with Gasteiger partial charge in [0.05, 0.1) is 0 Å². The quantitative estimate of drug-likeness (QED) is 0.313. The maximum Gasteiger partial charge on any atom is 0.191 e. The number of hydrogen-bond donors (Lipinski definition) is 2. The minimum absolute atomic E-state index is 0. The van der Waals surface area contributed by atoms with Gasteiger partial charge in [-0.05, 0) is 39.0 Å². The number of aryl methyl sites for hydroxylation is 2. The molecule has 3 rings (SSSR count). The first-order valence-corrected chi connectivity index (χ1v) is 8.82. The van der Waals surface area contributed by atoms with Gasteiger partial charge in [0, 0.05) is 38.5 Å². The van der Waals surface area contributed by atoms with Crippen molar-refractivity contribution < 1.29 is 0 Å². The molecule has 1 aromatic rings. The van der Waals surface area contributed by atoms with Crippen molar-refractivity contribution in [3.63, 3.8) is 0 Å². The molecule has 23 heavy (non-hydrogen) atoms. The number of nitrogens with one attached hydrogen (secondary N) is 2. The molecule has 0 aromatic carbocycles. The molecular weight excluding hydrogens is 403 g/mol. The molecule has 2 heterocycles. The summed E-state index contributed by atoms with van der Waals surface area (Å²) >= 11 is 0. The Bertz CT molecular complexity index is 509. The summed E-state index contributed by atoms with van der Waals surface area (Å²) in [5, 5.41) is 15.5. The number of nitrogens with zero attached hydrogens (tertiary/aromatic N) is 4. The van der Waals surface area contributed by atoms with Gasteiger partial charge in [-0.25, -0.2) is 0 Å². The van der Waals surface area contributed by atoms with Crippen LogP contribution < -0.4 is 10.6 Å². The summed E-state index contributed by atoms with van der Waals surface area (Å²) in [4.78, 5) is 4.66. The van der Waals surface area contributed by atoms with Crippen molar-refractivity contribution >= 4 is 29.9 Å². The second kappa shape index (κ2) is 9.44. The second-order valence-electron chi connectivity index (χ2n) is 6.28. The fourth-order valence-corrected chi connectivity index (χ4v) is 2.90. The molecule has 0 saturated heterocycles. The molecule has 1 fully saturated rings. The Morgan fingerprint density at radius 1 is 1.26 bits per heavy atom. The van der Waals surface area contributed by atoms with E-state index < -0.39 is 0 Å². The van der Waals surface area contributed by atoms with Crippen LogP contribution in [-0.2, 0) is 19.4 Å². The second-order valence-corrected chi connectivity index (χ2v) is 6.28. The molecule has 2 N–H and O–H groups in total. The van der Waals surface area contributed by atoms with Crippen LogP contribution in [0.25, 0.3) is 0 Å². The summed E-state index contributed by atoms with van der Waals surface area (Å²) in [6.07, 6.45) is 9.45. The minimum Gasteiger partial charge on any atom is -0.357 e. The summed E-state index contributed by atoms with van der Waals surface area (Å²) < 4.78 is 2.34. The highest BCUT2D eigenvalue weighted by Crippen LogP contribution is 2.18. The van der Waals surface area contributed by atoms with Crippen LogP contribution in [0.2, 0.25) is 0 Å². The lowest BCUT2D eigenvalue weighted by atomic mass is 10.2. The fourth-order valence-electron chi connectivity index (χ4n) is 2.90. The Morgan fingerprint density at radius 3 is 2.91 bits per heavy atom. The van der Waals surface area contributed by atoms with Gasteiger partial charge in [0.15, 0.2) is 5.96 Å². The molecule has 1 aromatic heterocycles. The number of aliphatic imine (C=N–C) groups is 1. The molecule has 0 bridgehead atoms. The first-order valence-electron chi connectivity index (χ1n) is 8.82. The van der Waals surface area contributed by atoms with Crippen molar-refractivity contribution in [2.45, 2.75) is 70.9 Å². The molecule has 1 aliphatic heterocycles. The predicted molar refractivity (Wildman–Crippen MR) is 103 cm³/mol. The van der Waals surface area contributed by atoms with E-state index in [1.807, 2.05) is 0 Å². The molecule has 1 saturated carbocycles. The number of aromatic nitrogens is 3. The molecule has 0 atom stereocenters. The van der Waals surface area contributed by atoms with E-state index in [0.717, 1.165) is 50.7 Å². The number of halogens is 1. The maximum absolute atomic E-state index is 4.66. The van der Waals surface area contributed by atoms with Gasteiger partial charge in [-0.3, -0.25) is 4.99 Å². The van der Waals surface area contributed by atoms with E-state index in [4.69, 9.17) is 0 Å². The number of fused-ring (bicyclic) bond motifs is 1. The monoisotopic (exact) mass is 432 g/mol. The normalized spacial score (nSPS) is 17.9. The molecule has 0 radical (unpaired) electrons. The van der Waals surface area contributed by atoms with Gasteiger partial charge in [0.2, 0.25) is 0 Å². The van der Waals surface area contributed by atoms with E-state index in [9.17, 15) is 0 Å². The van der Waals surface area contributed by atoms with Crippen molar-refractivity contribution in [1.82, 2.24) is 25.4 Å². The summed E-state index contributed by atoms with van der Waals surface area (Å²) in [6, 6.07) is 0.644. The highest BCUT2D eigenvalue weighted by atomic mass is 127. The Labute approximate surface area is 155 Å². The Morgan fingerprint density at radius 2 is 2.13 bits per heavy atom. The van der Waals surface area contributed by atoms with Crippen LogP contribution in [0.15, 0.2) is 4.99 Å². The van der Waals surface area contributed by atoms with Crippen LogP contribution in [0.1, 0.15) is 57.1 Å². The van der Waals surface area contributed by atoms with Crippen LogP contribution in [0, 0.1) is 0 Å². The molecule has 0 unspecified atom stereocenters. The molecule has 7 heteroatoms. The van der Waals surface area contributed by atoms with E-state index >= 15 is 0 Å². The Kier molecular flexibility index (Phi) is 7.58. The zero-order valence-corrected chi connectivity index (χ0v) is 16.4. The van der Waals surface area contributed by atoms with Gasteiger partial charge in [-0.2, -0.15) is 0 Å². The van der Waals surface area contributed by atoms with Crippen LogP contribution in [0.4, 0.5) is 0 Å². The highest BCUT2D eigenvalue weighted by molar-refractivity contribution is 14.0. The standard InChI is InChI=1S/C16H28N6.HI/c1-2-17-16(19-13-9-10-13)18-11-6-8-15-21-20-14-7-4-3-5-12-22(14)15;/h13H,2-12H2,1H3,(H2,17,18,19);1H. The van der Waals surface area contributed by atoms with Crippen molar-refractivity contribution in [3.8, 4) is 0 Å². The summed E-state index contributed by atoms with van der Waals surface area (Å²) in [6.45, 7) is 4.95. The van der Waals surface area contributed by atoms with E-state index in [-0.39, 0.29) is 24.0 Å². The first kappa shape index (κ1) is 18.5. The largest absolute Gasteiger partial charge is 0.357 e. The van der Waals surface area contributed by atoms with Gasteiger partial charge in [-0.1, -0.05) is 6.42 Å². The van der Waals surface area contributed by atoms with Crippen LogP contribution in [0.5, 0.6) is 0 Å². The van der Waals surface area contributed by atoms with Gasteiger partial charge >= 0.3 is 0 Å². The van der Waals surface area contributed by atoms with Gasteiger partial charge in [-0.15, -0.1) is 34.2 Å². The third-order valence-corrected chi connectivity index (χ3v) is 4.28. The lowest BCUT2D eigenvalue weighted by Crippen LogP contribution is -2.38. The molecule has 130 valence electrons. The predicted octanol–water partition coefficient (Wildman–Crippen LogP) is 2.27. The topological polar surface area (TPSA) is 67.1 Å². The van der Waals surface area contributed by atoms with Crippen molar-refractivity contribution in [2.24, 2.45) is 4.99 Å². The van der Waals surface area contributed by atoms with E-state index in [0.29, 0.717) is 6.04 Å². The van der Waals surface area contributed by atoms with Gasteiger partial charge in [0.25, 0.3) is 0 Å². The third-order valence-electron chi connectivity index (χ3n) is 4.28. The minimum atomic E-state index is 0. The molecule has 0 spiro atoms. The average Bonchev–Trinajstić information content (AvgIpc) is 3.29. The maximum atomic E-state index is 4.66. The van der Waals surface area contributed by atoms with Crippen LogP contribution >= 0.6 is 24.0 Å². The van der Waals surface area contributed by atoms with E-state index in [2.05, 4.69) is 37.3 Å². The molecular formula is C16H29IN6. The molecule has 0 amide bonds. The smallest absolute Gasteiger partial charge is 0.191 e. The average molecular weight is 432 g/mol. The fraction of sp³-hybridized carbons (Fsp3) is 0.812. The Hall–Kier alpha value is -0.860. The SMILES string of the molecule is CCNC(=NCCCc1nnc2n1CCCCC2)NC1CC1.I. The lowest BCUT2D eigenvalue weighted by molar-refractivity contribution is 0.597. The zero-order valence-electron chi connectivity index (χ0n) is 14.1. The highest BCUT2D eigenvalue weighted by Gasteiger charge is 2.22. The van der Waals surface area contributed by atoms with Crippen LogP contribution in [0.3, 0.4) is 0 Å². The Balaban J connectivity index is 0.00000192. The molecule has 1 aliphatic carbocycles. The summed E-state index contributed by atoms with van der Waals surface area (Å²) in [5.74, 6) is 3.29. The summed E-state index contributed by atoms with van der Waals surface area (Å²) in [7, 11) is 0. The van der Waals surface area contributed by atoms with Crippen molar-refractivity contribution in [1.29, 1.82) is 0 Å². The van der Waals surface area contributed by atoms with Crippen molar-refractivity contribution in [3.05, 3.63) is 11.6 Å². The molecule has 6 nitrogen and oxygen atoms in total. The van der Waals surface area contributed by atoms with Gasteiger partial charge < -0.3 is 15.2 Å². The first-order chi connectivity index (χ1) is 10.9. The van der Waals surface area contributed by atoms with E-state index in [1.165, 1.54) is 37.9 Å². The summed E-state index contributed by atoms with van der Waals surface area (Å²) in [5.41, 5.74) is 0. The third kappa shape index (κ3) is 5.61. The zero-order chi connectivity index (χ0) is 15.2. The number of rotatable bonds is 6. The number of hydrogen-bond acceptors (Lipinski definition) is 3.